The van der Waals surface area contributed by atoms with Gasteiger partial charge in [-0.05, 0) is 41.5 Å². The van der Waals surface area contributed by atoms with E-state index in [1.54, 1.807) is 36.4 Å². The average Bonchev–Trinajstić information content (AvgIpc) is 3.25. The van der Waals surface area contributed by atoms with Gasteiger partial charge in [-0.15, -0.1) is 10.2 Å². The van der Waals surface area contributed by atoms with E-state index in [0.717, 1.165) is 5.56 Å². The lowest BCUT2D eigenvalue weighted by molar-refractivity contribution is -0.122. The predicted molar refractivity (Wildman–Crippen MR) is 131 cm³/mol. The minimum absolute atomic E-state index is 0.145. The van der Waals surface area contributed by atoms with Gasteiger partial charge in [0.15, 0.2) is 10.4 Å². The highest BCUT2D eigenvalue weighted by Gasteiger charge is 2.38. The number of carbonyl (C=O) groups is 1. The molecule has 1 aromatic heterocycles. The molecule has 11 heteroatoms. The van der Waals surface area contributed by atoms with Crippen LogP contribution in [0.2, 0.25) is 0 Å². The monoisotopic (exact) mass is 504 g/mol. The van der Waals surface area contributed by atoms with Gasteiger partial charge in [0.25, 0.3) is 15.9 Å². The molecule has 0 saturated carbocycles. The van der Waals surface area contributed by atoms with Gasteiger partial charge >= 0.3 is 0 Å². The normalized spacial score (nSPS) is 16.1. The summed E-state index contributed by atoms with van der Waals surface area (Å²) in [7, 11) is -3.93. The molecule has 0 fully saturated rings. The zero-order chi connectivity index (χ0) is 23.8. The summed E-state index contributed by atoms with van der Waals surface area (Å²) < 4.78 is 35.1. The van der Waals surface area contributed by atoms with Gasteiger partial charge in [0.1, 0.15) is 5.75 Å². The van der Waals surface area contributed by atoms with Crippen molar-refractivity contribution in [1.29, 1.82) is 0 Å². The molecule has 1 aliphatic heterocycles. The minimum atomic E-state index is -3.93. The SMILES string of the molecule is CSc1nnc(NC(=O)[C@@H]2CN(S(=O)(=O)c3ccccc3)c3cc(C(C)(C)C)ccc3O2)s1. The van der Waals surface area contributed by atoms with E-state index in [4.69, 9.17) is 4.74 Å². The number of thioether (sulfide) groups is 1. The Morgan fingerprint density at radius 2 is 1.91 bits per heavy atom. The number of fused-ring (bicyclic) bond motifs is 1. The maximum Gasteiger partial charge on any atom is 0.269 e. The molecule has 1 atom stereocenters. The Balaban J connectivity index is 1.72. The molecule has 0 radical (unpaired) electrons. The van der Waals surface area contributed by atoms with Crippen molar-refractivity contribution >= 4 is 49.8 Å². The first kappa shape index (κ1) is 23.5. The summed E-state index contributed by atoms with van der Waals surface area (Å²) in [6.07, 6.45) is 0.809. The molecule has 0 aliphatic carbocycles. The van der Waals surface area contributed by atoms with E-state index in [1.165, 1.54) is 27.4 Å². The van der Waals surface area contributed by atoms with Crippen molar-refractivity contribution in [3.8, 4) is 5.75 Å². The summed E-state index contributed by atoms with van der Waals surface area (Å²) in [5.41, 5.74) is 1.17. The Hall–Kier alpha value is -2.63. The molecule has 2 heterocycles. The zero-order valence-electron chi connectivity index (χ0n) is 18.6. The number of hydrogen-bond donors (Lipinski definition) is 1. The summed E-state index contributed by atoms with van der Waals surface area (Å²) >= 11 is 2.66. The van der Waals surface area contributed by atoms with Crippen LogP contribution in [0.3, 0.4) is 0 Å². The standard InChI is InChI=1S/C22H24N4O4S3/c1-22(2,3)14-10-11-17-16(12-14)26(33(28,29)15-8-6-5-7-9-15)13-18(30-17)19(27)23-20-24-25-21(31-4)32-20/h5-12,18H,13H2,1-4H3,(H,23,24,27)/t18-/m0/s1. The largest absolute Gasteiger partial charge is 0.476 e. The number of carbonyl (C=O) groups excluding carboxylic acids is 1. The Bertz CT molecular complexity index is 1270. The average molecular weight is 505 g/mol. The van der Waals surface area contributed by atoms with Crippen LogP contribution in [-0.4, -0.2) is 43.4 Å². The summed E-state index contributed by atoms with van der Waals surface area (Å²) in [6, 6.07) is 13.6. The molecule has 0 bridgehead atoms. The van der Waals surface area contributed by atoms with E-state index in [1.807, 2.05) is 18.4 Å². The Kier molecular flexibility index (Phi) is 6.39. The number of ether oxygens (including phenoxy) is 1. The molecule has 0 unspecified atom stereocenters. The maximum atomic E-state index is 13.6. The fourth-order valence-corrected chi connectivity index (χ4v) is 5.99. The second-order valence-electron chi connectivity index (χ2n) is 8.45. The zero-order valence-corrected chi connectivity index (χ0v) is 21.1. The van der Waals surface area contributed by atoms with E-state index in [9.17, 15) is 13.2 Å². The first-order valence-electron chi connectivity index (χ1n) is 10.2. The van der Waals surface area contributed by atoms with Crippen molar-refractivity contribution in [2.45, 2.75) is 41.5 Å². The molecule has 2 aromatic carbocycles. The molecule has 1 N–H and O–H groups in total. The van der Waals surface area contributed by atoms with Crippen LogP contribution in [0.15, 0.2) is 57.8 Å². The number of rotatable bonds is 5. The summed E-state index contributed by atoms with van der Waals surface area (Å²) in [4.78, 5) is 13.1. The molecule has 4 rings (SSSR count). The Morgan fingerprint density at radius 3 is 2.55 bits per heavy atom. The van der Waals surface area contributed by atoms with Crippen LogP contribution in [0.4, 0.5) is 10.8 Å². The molecule has 174 valence electrons. The smallest absolute Gasteiger partial charge is 0.269 e. The van der Waals surface area contributed by atoms with Crippen molar-refractivity contribution in [3.05, 3.63) is 54.1 Å². The lowest BCUT2D eigenvalue weighted by Gasteiger charge is -2.35. The van der Waals surface area contributed by atoms with Crippen molar-refractivity contribution < 1.29 is 17.9 Å². The minimum Gasteiger partial charge on any atom is -0.476 e. The van der Waals surface area contributed by atoms with Gasteiger partial charge in [-0.25, -0.2) is 8.42 Å². The van der Waals surface area contributed by atoms with Gasteiger partial charge in [-0.1, -0.05) is 68.1 Å². The van der Waals surface area contributed by atoms with Crippen molar-refractivity contribution in [3.63, 3.8) is 0 Å². The molecule has 8 nitrogen and oxygen atoms in total. The fraction of sp³-hybridized carbons (Fsp3) is 0.318. The number of amides is 1. The van der Waals surface area contributed by atoms with Crippen LogP contribution in [0, 0.1) is 0 Å². The third-order valence-electron chi connectivity index (χ3n) is 5.13. The molecular formula is C22H24N4O4S3. The number of anilines is 2. The Morgan fingerprint density at radius 1 is 1.18 bits per heavy atom. The highest BCUT2D eigenvalue weighted by Crippen LogP contribution is 2.40. The number of sulfonamides is 1. The van der Waals surface area contributed by atoms with Crippen molar-refractivity contribution in [1.82, 2.24) is 10.2 Å². The topological polar surface area (TPSA) is 101 Å². The van der Waals surface area contributed by atoms with Crippen LogP contribution < -0.4 is 14.4 Å². The molecular weight excluding hydrogens is 480 g/mol. The Labute approximate surface area is 201 Å². The third-order valence-corrected chi connectivity index (χ3v) is 8.74. The number of aromatic nitrogens is 2. The van der Waals surface area contributed by atoms with E-state index >= 15 is 0 Å². The lowest BCUT2D eigenvalue weighted by Crippen LogP contribution is -2.49. The van der Waals surface area contributed by atoms with Gasteiger partial charge in [-0.3, -0.25) is 14.4 Å². The molecule has 0 saturated heterocycles. The van der Waals surface area contributed by atoms with E-state index in [2.05, 4.69) is 36.3 Å². The highest BCUT2D eigenvalue weighted by molar-refractivity contribution is 8.00. The van der Waals surface area contributed by atoms with Crippen LogP contribution >= 0.6 is 23.1 Å². The summed E-state index contributed by atoms with van der Waals surface area (Å²) in [6.45, 7) is 5.98. The molecule has 33 heavy (non-hydrogen) atoms. The van der Waals surface area contributed by atoms with Gasteiger partial charge in [-0.2, -0.15) is 0 Å². The van der Waals surface area contributed by atoms with Crippen LogP contribution in [-0.2, 0) is 20.2 Å². The number of nitrogens with one attached hydrogen (secondary N) is 1. The van der Waals surface area contributed by atoms with Gasteiger partial charge in [0, 0.05) is 0 Å². The van der Waals surface area contributed by atoms with Crippen LogP contribution in [0.5, 0.6) is 5.75 Å². The number of benzene rings is 2. The first-order chi connectivity index (χ1) is 15.6. The van der Waals surface area contributed by atoms with Crippen molar-refractivity contribution in [2.24, 2.45) is 0 Å². The van der Waals surface area contributed by atoms with Crippen molar-refractivity contribution in [2.75, 3.05) is 22.4 Å². The van der Waals surface area contributed by atoms with Crippen LogP contribution in [0.1, 0.15) is 26.3 Å². The first-order valence-corrected chi connectivity index (χ1v) is 13.6. The molecule has 1 amide bonds. The molecule has 1 aliphatic rings. The third kappa shape index (κ3) is 4.85. The summed E-state index contributed by atoms with van der Waals surface area (Å²) in [5.74, 6) is -0.159. The van der Waals surface area contributed by atoms with Gasteiger partial charge in [0.2, 0.25) is 5.13 Å². The number of nitrogens with zero attached hydrogens (tertiary/aromatic N) is 3. The molecule has 0 spiro atoms. The second kappa shape index (κ2) is 8.96. The maximum absolute atomic E-state index is 13.6. The quantitative estimate of drug-likeness (QED) is 0.411. The van der Waals surface area contributed by atoms with Gasteiger partial charge in [0.05, 0.1) is 17.1 Å². The van der Waals surface area contributed by atoms with E-state index in [-0.39, 0.29) is 16.9 Å². The van der Waals surface area contributed by atoms with Crippen LogP contribution in [0.25, 0.3) is 0 Å². The second-order valence-corrected chi connectivity index (χ2v) is 12.3. The molecule has 3 aromatic rings. The number of hydrogen-bond acceptors (Lipinski definition) is 8. The van der Waals surface area contributed by atoms with E-state index < -0.39 is 22.0 Å². The van der Waals surface area contributed by atoms with E-state index in [0.29, 0.717) is 20.9 Å². The van der Waals surface area contributed by atoms with Gasteiger partial charge < -0.3 is 4.74 Å². The summed E-state index contributed by atoms with van der Waals surface area (Å²) in [5, 5.41) is 10.9. The highest BCUT2D eigenvalue weighted by atomic mass is 32.2. The predicted octanol–water partition coefficient (Wildman–Crippen LogP) is 4.15. The lowest BCUT2D eigenvalue weighted by atomic mass is 9.86. The fourth-order valence-electron chi connectivity index (χ4n) is 3.33.